The Bertz CT molecular complexity index is 609. The lowest BCUT2D eigenvalue weighted by Crippen LogP contribution is -2.32. The second kappa shape index (κ2) is 5.26. The molecule has 0 saturated carbocycles. The van der Waals surface area contributed by atoms with Crippen molar-refractivity contribution in [3.05, 3.63) is 46.7 Å². The molecular formula is C13H10Cl2N4O. The van der Waals surface area contributed by atoms with Crippen LogP contribution >= 0.6 is 23.2 Å². The number of carbonyl (C=O) groups excluding carboxylic acids is 1. The van der Waals surface area contributed by atoms with Crippen LogP contribution in [0.3, 0.4) is 0 Å². The Morgan fingerprint density at radius 1 is 0.850 bits per heavy atom. The number of nitrogens with zero attached hydrogens (tertiary/aromatic N) is 4. The van der Waals surface area contributed by atoms with E-state index < -0.39 is 0 Å². The first-order valence-electron chi connectivity index (χ1n) is 5.99. The van der Waals surface area contributed by atoms with Gasteiger partial charge in [-0.2, -0.15) is 0 Å². The van der Waals surface area contributed by atoms with Crippen LogP contribution in [-0.4, -0.2) is 29.1 Å². The Balaban J connectivity index is 1.87. The van der Waals surface area contributed by atoms with Crippen LogP contribution < -0.4 is 9.80 Å². The second-order valence-corrected chi connectivity index (χ2v) is 5.00. The average molecular weight is 309 g/mol. The van der Waals surface area contributed by atoms with Crippen LogP contribution in [0, 0.1) is 0 Å². The molecule has 2 amide bonds. The Morgan fingerprint density at radius 3 is 1.70 bits per heavy atom. The average Bonchev–Trinajstić information content (AvgIpc) is 2.80. The van der Waals surface area contributed by atoms with E-state index in [1.54, 1.807) is 46.2 Å². The van der Waals surface area contributed by atoms with Gasteiger partial charge < -0.3 is 0 Å². The summed E-state index contributed by atoms with van der Waals surface area (Å²) in [5, 5.41) is 0.712. The molecule has 20 heavy (non-hydrogen) atoms. The number of hydrogen-bond donors (Lipinski definition) is 0. The molecule has 1 saturated heterocycles. The second-order valence-electron chi connectivity index (χ2n) is 4.22. The van der Waals surface area contributed by atoms with Crippen LogP contribution in [0.1, 0.15) is 0 Å². The standard InChI is InChI=1S/C13H10Cl2N4O/c14-9-3-1-5-11(16-9)18-7-8-19(13(18)20)12-6-2-4-10(15)17-12/h1-6H,7-8H2. The molecule has 0 aliphatic carbocycles. The highest BCUT2D eigenvalue weighted by molar-refractivity contribution is 6.29. The van der Waals surface area contributed by atoms with E-state index in [4.69, 9.17) is 23.2 Å². The minimum Gasteiger partial charge on any atom is -0.276 e. The lowest BCUT2D eigenvalue weighted by atomic mass is 10.4. The Hall–Kier alpha value is -1.85. The third-order valence-electron chi connectivity index (χ3n) is 2.96. The van der Waals surface area contributed by atoms with E-state index in [1.165, 1.54) is 0 Å². The smallest absolute Gasteiger partial charge is 0.276 e. The van der Waals surface area contributed by atoms with Crippen molar-refractivity contribution in [2.75, 3.05) is 22.9 Å². The minimum atomic E-state index is -0.186. The van der Waals surface area contributed by atoms with Gasteiger partial charge in [0.1, 0.15) is 21.9 Å². The molecule has 0 bridgehead atoms. The summed E-state index contributed by atoms with van der Waals surface area (Å²) < 4.78 is 0. The molecule has 2 aromatic rings. The zero-order valence-electron chi connectivity index (χ0n) is 10.3. The maximum atomic E-state index is 12.4. The van der Waals surface area contributed by atoms with Gasteiger partial charge >= 0.3 is 6.03 Å². The van der Waals surface area contributed by atoms with E-state index in [0.29, 0.717) is 35.0 Å². The predicted molar refractivity (Wildman–Crippen MR) is 78.6 cm³/mol. The number of amides is 2. The van der Waals surface area contributed by atoms with E-state index in [9.17, 15) is 4.79 Å². The topological polar surface area (TPSA) is 49.3 Å². The lowest BCUT2D eigenvalue weighted by Gasteiger charge is -2.17. The zero-order valence-corrected chi connectivity index (χ0v) is 11.8. The number of urea groups is 1. The summed E-state index contributed by atoms with van der Waals surface area (Å²) in [6.45, 7) is 1.06. The molecule has 5 nitrogen and oxygen atoms in total. The number of anilines is 2. The van der Waals surface area contributed by atoms with Crippen molar-refractivity contribution in [3.63, 3.8) is 0 Å². The largest absolute Gasteiger partial charge is 0.331 e. The van der Waals surface area contributed by atoms with Crippen molar-refractivity contribution in [1.82, 2.24) is 9.97 Å². The molecule has 0 atom stereocenters. The fraction of sp³-hybridized carbons (Fsp3) is 0.154. The molecule has 0 radical (unpaired) electrons. The number of aromatic nitrogens is 2. The van der Waals surface area contributed by atoms with Gasteiger partial charge in [-0.3, -0.25) is 9.80 Å². The number of halogens is 2. The molecule has 3 rings (SSSR count). The fourth-order valence-corrected chi connectivity index (χ4v) is 2.38. The van der Waals surface area contributed by atoms with E-state index >= 15 is 0 Å². The van der Waals surface area contributed by atoms with E-state index in [2.05, 4.69) is 9.97 Å². The van der Waals surface area contributed by atoms with Crippen LogP contribution in [-0.2, 0) is 0 Å². The third-order valence-corrected chi connectivity index (χ3v) is 3.38. The van der Waals surface area contributed by atoms with Crippen molar-refractivity contribution in [2.24, 2.45) is 0 Å². The molecule has 1 aliphatic heterocycles. The maximum Gasteiger partial charge on any atom is 0.331 e. The van der Waals surface area contributed by atoms with Gasteiger partial charge in [-0.25, -0.2) is 14.8 Å². The van der Waals surface area contributed by atoms with Gasteiger partial charge in [0.15, 0.2) is 0 Å². The van der Waals surface area contributed by atoms with Crippen LogP contribution in [0.4, 0.5) is 16.4 Å². The first-order valence-corrected chi connectivity index (χ1v) is 6.75. The molecule has 0 N–H and O–H groups in total. The lowest BCUT2D eigenvalue weighted by molar-refractivity contribution is 0.255. The van der Waals surface area contributed by atoms with Gasteiger partial charge in [0.2, 0.25) is 0 Å². The summed E-state index contributed by atoms with van der Waals surface area (Å²) in [5.74, 6) is 1.07. The summed E-state index contributed by atoms with van der Waals surface area (Å²) in [6, 6.07) is 10.2. The van der Waals surface area contributed by atoms with E-state index in [1.807, 2.05) is 0 Å². The van der Waals surface area contributed by atoms with Crippen molar-refractivity contribution in [2.45, 2.75) is 0 Å². The highest BCUT2D eigenvalue weighted by atomic mass is 35.5. The van der Waals surface area contributed by atoms with Crippen LogP contribution in [0.25, 0.3) is 0 Å². The van der Waals surface area contributed by atoms with Crippen LogP contribution in [0.2, 0.25) is 10.3 Å². The highest BCUT2D eigenvalue weighted by Crippen LogP contribution is 2.24. The van der Waals surface area contributed by atoms with E-state index in [-0.39, 0.29) is 6.03 Å². The fourth-order valence-electron chi connectivity index (χ4n) is 2.06. The van der Waals surface area contributed by atoms with Crippen molar-refractivity contribution in [3.8, 4) is 0 Å². The normalized spacial score (nSPS) is 15.0. The Morgan fingerprint density at radius 2 is 1.30 bits per heavy atom. The van der Waals surface area contributed by atoms with Gasteiger partial charge in [0.25, 0.3) is 0 Å². The summed E-state index contributed by atoms with van der Waals surface area (Å²) in [5.41, 5.74) is 0. The monoisotopic (exact) mass is 308 g/mol. The quantitative estimate of drug-likeness (QED) is 0.800. The Labute approximate surface area is 125 Å². The number of hydrogen-bond acceptors (Lipinski definition) is 3. The number of pyridine rings is 2. The summed E-state index contributed by atoms with van der Waals surface area (Å²) in [4.78, 5) is 23.8. The van der Waals surface area contributed by atoms with Gasteiger partial charge in [-0.1, -0.05) is 35.3 Å². The zero-order chi connectivity index (χ0) is 14.1. The Kier molecular flexibility index (Phi) is 3.46. The van der Waals surface area contributed by atoms with E-state index in [0.717, 1.165) is 0 Å². The van der Waals surface area contributed by atoms with Crippen LogP contribution in [0.15, 0.2) is 36.4 Å². The molecule has 102 valence electrons. The molecule has 0 unspecified atom stereocenters. The van der Waals surface area contributed by atoms with Crippen LogP contribution in [0.5, 0.6) is 0 Å². The molecule has 1 fully saturated rings. The first-order chi connectivity index (χ1) is 9.65. The predicted octanol–water partition coefficient (Wildman–Crippen LogP) is 3.23. The third kappa shape index (κ3) is 2.42. The molecule has 0 aromatic carbocycles. The van der Waals surface area contributed by atoms with Gasteiger partial charge in [0, 0.05) is 13.1 Å². The molecule has 3 heterocycles. The highest BCUT2D eigenvalue weighted by Gasteiger charge is 2.32. The summed E-state index contributed by atoms with van der Waals surface area (Å²) in [6.07, 6.45) is 0. The molecule has 7 heteroatoms. The molecule has 2 aromatic heterocycles. The van der Waals surface area contributed by atoms with Crippen molar-refractivity contribution >= 4 is 40.9 Å². The minimum absolute atomic E-state index is 0.186. The maximum absolute atomic E-state index is 12.4. The number of rotatable bonds is 2. The summed E-state index contributed by atoms with van der Waals surface area (Å²) in [7, 11) is 0. The number of carbonyl (C=O) groups is 1. The SMILES string of the molecule is O=C1N(c2cccc(Cl)n2)CCN1c1cccc(Cl)n1. The van der Waals surface area contributed by atoms with Gasteiger partial charge in [-0.15, -0.1) is 0 Å². The van der Waals surface area contributed by atoms with Gasteiger partial charge in [0.05, 0.1) is 0 Å². The summed E-state index contributed by atoms with van der Waals surface area (Å²) >= 11 is 11.7. The van der Waals surface area contributed by atoms with Crippen molar-refractivity contribution in [1.29, 1.82) is 0 Å². The van der Waals surface area contributed by atoms with Crippen molar-refractivity contribution < 1.29 is 4.79 Å². The first kappa shape index (κ1) is 13.1. The molecule has 1 aliphatic rings. The molecule has 0 spiro atoms. The van der Waals surface area contributed by atoms with Gasteiger partial charge in [-0.05, 0) is 24.3 Å². The molecular weight excluding hydrogens is 299 g/mol.